The zero-order valence-corrected chi connectivity index (χ0v) is 13.5. The van der Waals surface area contributed by atoms with Crippen molar-refractivity contribution in [3.05, 3.63) is 29.8 Å². The smallest absolute Gasteiger partial charge is 0.122 e. The number of rotatable bonds is 10. The van der Waals surface area contributed by atoms with Crippen LogP contribution in [0.5, 0.6) is 5.75 Å². The molecule has 114 valence electrons. The van der Waals surface area contributed by atoms with Crippen LogP contribution in [0.3, 0.4) is 0 Å². The second-order valence-electron chi connectivity index (χ2n) is 5.60. The van der Waals surface area contributed by atoms with E-state index < -0.39 is 0 Å². The molecule has 1 unspecified atom stereocenters. The van der Waals surface area contributed by atoms with Gasteiger partial charge >= 0.3 is 0 Å². The van der Waals surface area contributed by atoms with E-state index in [4.69, 9.17) is 4.74 Å². The minimum Gasteiger partial charge on any atom is -0.492 e. The van der Waals surface area contributed by atoms with Gasteiger partial charge in [-0.15, -0.1) is 0 Å². The molecular weight excluding hydrogens is 248 g/mol. The van der Waals surface area contributed by atoms with Crippen molar-refractivity contribution >= 4 is 0 Å². The Morgan fingerprint density at radius 2 is 1.95 bits per heavy atom. The second kappa shape index (κ2) is 9.78. The van der Waals surface area contributed by atoms with Gasteiger partial charge in [0.25, 0.3) is 0 Å². The maximum absolute atomic E-state index is 5.91. The average molecular weight is 278 g/mol. The first kappa shape index (κ1) is 17.0. The molecule has 1 N–H and O–H groups in total. The molecule has 0 bridgehead atoms. The fraction of sp³-hybridized carbons (Fsp3) is 0.647. The summed E-state index contributed by atoms with van der Waals surface area (Å²) in [7, 11) is 4.21. The van der Waals surface area contributed by atoms with Crippen LogP contribution in [0.15, 0.2) is 24.3 Å². The Kier molecular flexibility index (Phi) is 8.31. The lowest BCUT2D eigenvalue weighted by Gasteiger charge is -2.16. The lowest BCUT2D eigenvalue weighted by atomic mass is 9.98. The Morgan fingerprint density at radius 1 is 1.20 bits per heavy atom. The Labute approximate surface area is 124 Å². The van der Waals surface area contributed by atoms with Gasteiger partial charge in [-0.2, -0.15) is 0 Å². The van der Waals surface area contributed by atoms with Crippen molar-refractivity contribution in [2.24, 2.45) is 0 Å². The van der Waals surface area contributed by atoms with Crippen molar-refractivity contribution in [3.8, 4) is 5.75 Å². The van der Waals surface area contributed by atoms with Crippen LogP contribution in [0.4, 0.5) is 0 Å². The SMILES string of the molecule is CCC(C)c1ccccc1OCCNCCCN(C)C. The summed E-state index contributed by atoms with van der Waals surface area (Å²) >= 11 is 0. The number of para-hydroxylation sites is 1. The number of nitrogens with one attached hydrogen (secondary N) is 1. The van der Waals surface area contributed by atoms with Crippen LogP contribution in [-0.4, -0.2) is 45.2 Å². The van der Waals surface area contributed by atoms with E-state index in [-0.39, 0.29) is 0 Å². The summed E-state index contributed by atoms with van der Waals surface area (Å²) in [5, 5.41) is 3.42. The molecule has 3 nitrogen and oxygen atoms in total. The average Bonchev–Trinajstić information content (AvgIpc) is 2.45. The standard InChI is InChI=1S/C17H30N2O/c1-5-15(2)16-9-6-7-10-17(16)20-14-12-18-11-8-13-19(3)4/h6-7,9-10,15,18H,5,8,11-14H2,1-4H3. The monoisotopic (exact) mass is 278 g/mol. The molecule has 0 saturated carbocycles. The highest BCUT2D eigenvalue weighted by Gasteiger charge is 2.08. The first-order valence-corrected chi connectivity index (χ1v) is 7.72. The van der Waals surface area contributed by atoms with Gasteiger partial charge in [0.2, 0.25) is 0 Å². The van der Waals surface area contributed by atoms with Crippen molar-refractivity contribution in [1.82, 2.24) is 10.2 Å². The van der Waals surface area contributed by atoms with Gasteiger partial charge in [0.1, 0.15) is 12.4 Å². The number of nitrogens with zero attached hydrogens (tertiary/aromatic N) is 1. The fourth-order valence-corrected chi connectivity index (χ4v) is 2.12. The van der Waals surface area contributed by atoms with Gasteiger partial charge in [-0.05, 0) is 57.6 Å². The highest BCUT2D eigenvalue weighted by molar-refractivity contribution is 5.35. The van der Waals surface area contributed by atoms with Crippen LogP contribution in [0.1, 0.15) is 38.2 Å². The van der Waals surface area contributed by atoms with Gasteiger partial charge in [0, 0.05) is 6.54 Å². The van der Waals surface area contributed by atoms with Gasteiger partial charge in [-0.25, -0.2) is 0 Å². The van der Waals surface area contributed by atoms with Crippen LogP contribution in [0.2, 0.25) is 0 Å². The molecule has 0 aliphatic rings. The molecule has 0 aromatic heterocycles. The summed E-state index contributed by atoms with van der Waals surface area (Å²) in [5.41, 5.74) is 1.32. The lowest BCUT2D eigenvalue weighted by molar-refractivity contribution is 0.306. The van der Waals surface area contributed by atoms with Crippen molar-refractivity contribution in [2.75, 3.05) is 40.3 Å². The van der Waals surface area contributed by atoms with E-state index in [0.29, 0.717) is 5.92 Å². The molecule has 0 amide bonds. The summed E-state index contributed by atoms with van der Waals surface area (Å²) in [6, 6.07) is 8.39. The predicted octanol–water partition coefficient (Wildman–Crippen LogP) is 3.12. The molecule has 20 heavy (non-hydrogen) atoms. The van der Waals surface area contributed by atoms with E-state index in [9.17, 15) is 0 Å². The Morgan fingerprint density at radius 3 is 2.65 bits per heavy atom. The maximum Gasteiger partial charge on any atom is 0.122 e. The number of ether oxygens (including phenoxy) is 1. The summed E-state index contributed by atoms with van der Waals surface area (Å²) in [5.74, 6) is 1.59. The highest BCUT2D eigenvalue weighted by atomic mass is 16.5. The van der Waals surface area contributed by atoms with Crippen molar-refractivity contribution in [3.63, 3.8) is 0 Å². The van der Waals surface area contributed by atoms with E-state index >= 15 is 0 Å². The third-order valence-corrected chi connectivity index (χ3v) is 3.56. The van der Waals surface area contributed by atoms with E-state index in [2.05, 4.69) is 56.4 Å². The first-order valence-electron chi connectivity index (χ1n) is 7.72. The van der Waals surface area contributed by atoms with E-state index in [1.807, 2.05) is 6.07 Å². The fourth-order valence-electron chi connectivity index (χ4n) is 2.12. The molecule has 0 spiro atoms. The zero-order valence-electron chi connectivity index (χ0n) is 13.5. The van der Waals surface area contributed by atoms with Crippen molar-refractivity contribution in [2.45, 2.75) is 32.6 Å². The highest BCUT2D eigenvalue weighted by Crippen LogP contribution is 2.28. The van der Waals surface area contributed by atoms with Gasteiger partial charge in [-0.3, -0.25) is 0 Å². The van der Waals surface area contributed by atoms with E-state index in [0.717, 1.165) is 38.4 Å². The van der Waals surface area contributed by atoms with Gasteiger partial charge in [0.05, 0.1) is 0 Å². The van der Waals surface area contributed by atoms with Gasteiger partial charge in [-0.1, -0.05) is 32.0 Å². The van der Waals surface area contributed by atoms with E-state index in [1.54, 1.807) is 0 Å². The molecule has 1 rings (SSSR count). The Hall–Kier alpha value is -1.06. The minimum absolute atomic E-state index is 0.555. The molecule has 0 radical (unpaired) electrons. The van der Waals surface area contributed by atoms with E-state index in [1.165, 1.54) is 12.0 Å². The van der Waals surface area contributed by atoms with Crippen LogP contribution in [0.25, 0.3) is 0 Å². The van der Waals surface area contributed by atoms with Gasteiger partial charge in [0.15, 0.2) is 0 Å². The third-order valence-electron chi connectivity index (χ3n) is 3.56. The zero-order chi connectivity index (χ0) is 14.8. The molecule has 0 aliphatic heterocycles. The number of hydrogen-bond acceptors (Lipinski definition) is 3. The van der Waals surface area contributed by atoms with Crippen LogP contribution in [0, 0.1) is 0 Å². The van der Waals surface area contributed by atoms with Crippen LogP contribution in [-0.2, 0) is 0 Å². The maximum atomic E-state index is 5.91. The molecule has 1 aromatic rings. The molecule has 1 aromatic carbocycles. The predicted molar refractivity (Wildman–Crippen MR) is 86.7 cm³/mol. The summed E-state index contributed by atoms with van der Waals surface area (Å²) in [6.07, 6.45) is 2.32. The molecule has 0 saturated heterocycles. The van der Waals surface area contributed by atoms with Gasteiger partial charge < -0.3 is 15.0 Å². The quantitative estimate of drug-likeness (QED) is 0.666. The van der Waals surface area contributed by atoms with Crippen molar-refractivity contribution in [1.29, 1.82) is 0 Å². The summed E-state index contributed by atoms with van der Waals surface area (Å²) in [6.45, 7) is 8.28. The molecule has 0 heterocycles. The first-order chi connectivity index (χ1) is 9.65. The Bertz CT molecular complexity index is 366. The molecular formula is C17H30N2O. The number of benzene rings is 1. The van der Waals surface area contributed by atoms with Crippen LogP contribution >= 0.6 is 0 Å². The summed E-state index contributed by atoms with van der Waals surface area (Å²) < 4.78 is 5.91. The number of hydrogen-bond donors (Lipinski definition) is 1. The molecule has 0 aliphatic carbocycles. The second-order valence-corrected chi connectivity index (χ2v) is 5.60. The summed E-state index contributed by atoms with van der Waals surface area (Å²) in [4.78, 5) is 2.21. The molecule has 1 atom stereocenters. The van der Waals surface area contributed by atoms with Crippen molar-refractivity contribution < 1.29 is 4.74 Å². The largest absolute Gasteiger partial charge is 0.492 e. The van der Waals surface area contributed by atoms with Crippen LogP contribution < -0.4 is 10.1 Å². The normalized spacial score (nSPS) is 12.7. The molecule has 0 fully saturated rings. The topological polar surface area (TPSA) is 24.5 Å². The lowest BCUT2D eigenvalue weighted by Crippen LogP contribution is -2.25. The molecule has 3 heteroatoms. The Balaban J connectivity index is 2.25. The third kappa shape index (κ3) is 6.40. The minimum atomic E-state index is 0.555.